The number of aryl methyl sites for hydroxylation is 1. The summed E-state index contributed by atoms with van der Waals surface area (Å²) in [6.07, 6.45) is 7.27. The lowest BCUT2D eigenvalue weighted by Gasteiger charge is -2.37. The fraction of sp³-hybridized carbons (Fsp3) is 0.800. The maximum atomic E-state index is 12.1. The second-order valence-electron chi connectivity index (χ2n) is 8.59. The Hall–Kier alpha value is -1.43. The minimum Gasteiger partial charge on any atom is -0.353 e. The zero-order valence-electron chi connectivity index (χ0n) is 18.1. The van der Waals surface area contributed by atoms with Crippen LogP contribution in [0.25, 0.3) is 0 Å². The largest absolute Gasteiger partial charge is 0.353 e. The Morgan fingerprint density at radius 1 is 1.03 bits per heavy atom. The molecule has 1 amide bonds. The van der Waals surface area contributed by atoms with Crippen molar-refractivity contribution in [3.63, 3.8) is 0 Å². The van der Waals surface area contributed by atoms with Gasteiger partial charge in [-0.25, -0.2) is 4.99 Å². The number of halogens is 1. The van der Waals surface area contributed by atoms with E-state index in [-0.39, 0.29) is 29.9 Å². The molecule has 30 heavy (non-hydrogen) atoms. The van der Waals surface area contributed by atoms with E-state index >= 15 is 0 Å². The number of hydrogen-bond acceptors (Lipinski definition) is 5. The van der Waals surface area contributed by atoms with Crippen molar-refractivity contribution in [2.24, 2.45) is 12.0 Å². The molecule has 1 aliphatic heterocycles. The van der Waals surface area contributed by atoms with E-state index in [4.69, 9.17) is 4.99 Å². The van der Waals surface area contributed by atoms with E-state index in [0.29, 0.717) is 25.2 Å². The molecule has 4 rings (SSSR count). The molecule has 0 spiro atoms. The van der Waals surface area contributed by atoms with Crippen LogP contribution >= 0.6 is 24.0 Å². The van der Waals surface area contributed by atoms with Gasteiger partial charge in [-0.3, -0.25) is 9.69 Å². The van der Waals surface area contributed by atoms with Gasteiger partial charge in [0.1, 0.15) is 12.4 Å². The van der Waals surface area contributed by atoms with E-state index < -0.39 is 0 Å². The summed E-state index contributed by atoms with van der Waals surface area (Å²) >= 11 is 0. The standard InChI is InChI=1S/C20H34N8O.HI/c1-15-24-25-18(26(15)2)13-21-20(23-16-5-3-4-6-16)28-11-9-27(10-12-28)14-19(29)22-17-7-8-17;/h16-17H,3-14H2,1-2H3,(H,21,23)(H,22,29);1H. The minimum atomic E-state index is 0. The predicted octanol–water partition coefficient (Wildman–Crippen LogP) is 1.03. The van der Waals surface area contributed by atoms with Gasteiger partial charge in [0.05, 0.1) is 6.54 Å². The van der Waals surface area contributed by atoms with E-state index in [2.05, 4.69) is 30.6 Å². The van der Waals surface area contributed by atoms with Crippen molar-refractivity contribution >= 4 is 35.8 Å². The summed E-state index contributed by atoms with van der Waals surface area (Å²) in [6, 6.07) is 0.944. The molecule has 0 radical (unpaired) electrons. The molecule has 0 bridgehead atoms. The van der Waals surface area contributed by atoms with Gasteiger partial charge in [0, 0.05) is 45.3 Å². The fourth-order valence-electron chi connectivity index (χ4n) is 4.05. The molecule has 2 N–H and O–H groups in total. The van der Waals surface area contributed by atoms with Crippen molar-refractivity contribution in [2.45, 2.75) is 64.1 Å². The van der Waals surface area contributed by atoms with Gasteiger partial charge < -0.3 is 20.1 Å². The monoisotopic (exact) mass is 530 g/mol. The molecule has 1 aromatic rings. The molecule has 1 saturated heterocycles. The number of hydrogen-bond donors (Lipinski definition) is 2. The van der Waals surface area contributed by atoms with Crippen LogP contribution in [-0.2, 0) is 18.4 Å². The van der Waals surface area contributed by atoms with Crippen LogP contribution < -0.4 is 10.6 Å². The smallest absolute Gasteiger partial charge is 0.234 e. The summed E-state index contributed by atoms with van der Waals surface area (Å²) in [5.74, 6) is 2.92. The first-order chi connectivity index (χ1) is 14.1. The SMILES string of the molecule is Cc1nnc(CN=C(NC2CCCC2)N2CCN(CC(=O)NC3CC3)CC2)n1C.I. The summed E-state index contributed by atoms with van der Waals surface area (Å²) in [5, 5.41) is 15.2. The number of aliphatic imine (C=N–C) groups is 1. The quantitative estimate of drug-likeness (QED) is 0.325. The number of carbonyl (C=O) groups excluding carboxylic acids is 1. The highest BCUT2D eigenvalue weighted by atomic mass is 127. The van der Waals surface area contributed by atoms with Crippen molar-refractivity contribution in [2.75, 3.05) is 32.7 Å². The molecule has 2 aliphatic carbocycles. The first kappa shape index (κ1) is 23.2. The number of rotatable bonds is 6. The molecule has 2 heterocycles. The van der Waals surface area contributed by atoms with Gasteiger partial charge in [-0.05, 0) is 32.6 Å². The number of nitrogens with zero attached hydrogens (tertiary/aromatic N) is 6. The summed E-state index contributed by atoms with van der Waals surface area (Å²) in [4.78, 5) is 21.6. The van der Waals surface area contributed by atoms with Gasteiger partial charge in [0.25, 0.3) is 0 Å². The molecule has 0 aromatic carbocycles. The Balaban J connectivity index is 0.00000256. The van der Waals surface area contributed by atoms with Crippen LogP contribution in [0.1, 0.15) is 50.2 Å². The zero-order valence-corrected chi connectivity index (χ0v) is 20.5. The summed E-state index contributed by atoms with van der Waals surface area (Å²) in [6.45, 7) is 6.51. The summed E-state index contributed by atoms with van der Waals surface area (Å²) < 4.78 is 1.99. The second-order valence-corrected chi connectivity index (χ2v) is 8.59. The van der Waals surface area contributed by atoms with Crippen LogP contribution in [0.5, 0.6) is 0 Å². The molecular weight excluding hydrogens is 495 g/mol. The molecule has 0 unspecified atom stereocenters. The third-order valence-electron chi connectivity index (χ3n) is 6.22. The average molecular weight is 530 g/mol. The Labute approximate surface area is 196 Å². The van der Waals surface area contributed by atoms with Gasteiger partial charge >= 0.3 is 0 Å². The number of guanidine groups is 1. The van der Waals surface area contributed by atoms with Crippen molar-refractivity contribution in [3.05, 3.63) is 11.6 Å². The molecule has 2 saturated carbocycles. The molecule has 9 nitrogen and oxygen atoms in total. The highest BCUT2D eigenvalue weighted by Gasteiger charge is 2.27. The third kappa shape index (κ3) is 6.29. The Morgan fingerprint density at radius 3 is 2.30 bits per heavy atom. The Morgan fingerprint density at radius 2 is 1.70 bits per heavy atom. The number of aromatic nitrogens is 3. The number of piperazine rings is 1. The molecule has 3 fully saturated rings. The minimum absolute atomic E-state index is 0. The van der Waals surface area contributed by atoms with Crippen LogP contribution in [0.15, 0.2) is 4.99 Å². The highest BCUT2D eigenvalue weighted by molar-refractivity contribution is 14.0. The van der Waals surface area contributed by atoms with Gasteiger partial charge in [0.15, 0.2) is 11.8 Å². The van der Waals surface area contributed by atoms with Crippen LogP contribution in [0, 0.1) is 6.92 Å². The van der Waals surface area contributed by atoms with Crippen LogP contribution in [-0.4, -0.2) is 81.2 Å². The van der Waals surface area contributed by atoms with E-state index in [1.807, 2.05) is 18.5 Å². The Bertz CT molecular complexity index is 733. The summed E-state index contributed by atoms with van der Waals surface area (Å²) in [7, 11) is 1.98. The number of nitrogens with one attached hydrogen (secondary N) is 2. The van der Waals surface area contributed by atoms with Gasteiger partial charge in [-0.1, -0.05) is 12.8 Å². The van der Waals surface area contributed by atoms with E-state index in [1.165, 1.54) is 25.7 Å². The van der Waals surface area contributed by atoms with Gasteiger partial charge in [-0.2, -0.15) is 0 Å². The molecule has 0 atom stereocenters. The summed E-state index contributed by atoms with van der Waals surface area (Å²) in [5.41, 5.74) is 0. The molecular formula is C20H35IN8O. The van der Waals surface area contributed by atoms with Gasteiger partial charge in [0.2, 0.25) is 5.91 Å². The number of carbonyl (C=O) groups is 1. The third-order valence-corrected chi connectivity index (χ3v) is 6.22. The van der Waals surface area contributed by atoms with E-state index in [9.17, 15) is 4.79 Å². The molecule has 10 heteroatoms. The van der Waals surface area contributed by atoms with Crippen molar-refractivity contribution in [1.29, 1.82) is 0 Å². The maximum Gasteiger partial charge on any atom is 0.234 e. The number of amides is 1. The lowest BCUT2D eigenvalue weighted by Crippen LogP contribution is -2.55. The fourth-order valence-corrected chi connectivity index (χ4v) is 4.05. The molecule has 3 aliphatic rings. The van der Waals surface area contributed by atoms with Crippen LogP contribution in [0.4, 0.5) is 0 Å². The first-order valence-corrected chi connectivity index (χ1v) is 11.0. The van der Waals surface area contributed by atoms with Crippen molar-refractivity contribution in [1.82, 2.24) is 35.2 Å². The predicted molar refractivity (Wildman–Crippen MR) is 127 cm³/mol. The Kier molecular flexibility index (Phi) is 8.32. The van der Waals surface area contributed by atoms with Crippen LogP contribution in [0.3, 0.4) is 0 Å². The lowest BCUT2D eigenvalue weighted by atomic mass is 10.2. The average Bonchev–Trinajstić information content (AvgIpc) is 3.26. The first-order valence-electron chi connectivity index (χ1n) is 11.0. The van der Waals surface area contributed by atoms with E-state index in [1.54, 1.807) is 0 Å². The second kappa shape index (κ2) is 10.7. The molecule has 1 aromatic heterocycles. The van der Waals surface area contributed by atoms with Gasteiger partial charge in [-0.15, -0.1) is 34.2 Å². The topological polar surface area (TPSA) is 90.7 Å². The maximum absolute atomic E-state index is 12.1. The van der Waals surface area contributed by atoms with Crippen molar-refractivity contribution in [3.8, 4) is 0 Å². The lowest BCUT2D eigenvalue weighted by molar-refractivity contribution is -0.122. The highest BCUT2D eigenvalue weighted by Crippen LogP contribution is 2.19. The normalized spacial score (nSPS) is 20.9. The molecule has 168 valence electrons. The van der Waals surface area contributed by atoms with Crippen molar-refractivity contribution < 1.29 is 4.79 Å². The zero-order chi connectivity index (χ0) is 20.2. The van der Waals surface area contributed by atoms with Crippen LogP contribution in [0.2, 0.25) is 0 Å². The van der Waals surface area contributed by atoms with E-state index in [0.717, 1.165) is 56.6 Å².